The van der Waals surface area contributed by atoms with Gasteiger partial charge in [0.05, 0.1) is 6.61 Å². The number of ether oxygens (including phenoxy) is 2. The summed E-state index contributed by atoms with van der Waals surface area (Å²) in [5, 5.41) is 0. The summed E-state index contributed by atoms with van der Waals surface area (Å²) in [5.74, 6) is 1.23. The molecule has 0 fully saturated rings. The molecule has 0 N–H and O–H groups in total. The van der Waals surface area contributed by atoms with Gasteiger partial charge in [-0.25, -0.2) is 4.79 Å². The Balaban J connectivity index is 3.06. The maximum atomic E-state index is 10.3. The number of terminal acetylenes is 1. The third kappa shape index (κ3) is 5.13. The van der Waals surface area contributed by atoms with Gasteiger partial charge in [-0.2, -0.15) is 0 Å². The fraction of sp³-hybridized carbons (Fsp3) is 0.571. The SMILES string of the molecule is C#CC(=O)OCCCOC. The van der Waals surface area contributed by atoms with Crippen LogP contribution >= 0.6 is 0 Å². The first kappa shape index (κ1) is 8.99. The molecule has 0 amide bonds. The van der Waals surface area contributed by atoms with Crippen LogP contribution in [0.2, 0.25) is 0 Å². The minimum atomic E-state index is -0.615. The monoisotopic (exact) mass is 142 g/mol. The van der Waals surface area contributed by atoms with E-state index in [2.05, 4.69) is 4.74 Å². The molecule has 0 unspecified atom stereocenters. The maximum Gasteiger partial charge on any atom is 0.384 e. The highest BCUT2D eigenvalue weighted by atomic mass is 16.5. The predicted octanol–water partition coefficient (Wildman–Crippen LogP) is 0.199. The molecule has 0 aromatic heterocycles. The van der Waals surface area contributed by atoms with Crippen LogP contribution in [0.4, 0.5) is 0 Å². The van der Waals surface area contributed by atoms with Crippen LogP contribution in [-0.2, 0) is 14.3 Å². The van der Waals surface area contributed by atoms with Crippen LogP contribution in [0.3, 0.4) is 0 Å². The van der Waals surface area contributed by atoms with Crippen LogP contribution in [-0.4, -0.2) is 26.3 Å². The van der Waals surface area contributed by atoms with Crippen LogP contribution in [0, 0.1) is 12.3 Å². The van der Waals surface area contributed by atoms with Crippen molar-refractivity contribution >= 4 is 5.97 Å². The number of esters is 1. The largest absolute Gasteiger partial charge is 0.456 e. The van der Waals surface area contributed by atoms with Gasteiger partial charge in [0.2, 0.25) is 0 Å². The lowest BCUT2D eigenvalue weighted by atomic mass is 10.5. The molecule has 0 aromatic carbocycles. The normalized spacial score (nSPS) is 8.40. The standard InChI is InChI=1S/C7H10O3/c1-3-7(8)10-6-4-5-9-2/h1H,4-6H2,2H3. The summed E-state index contributed by atoms with van der Waals surface area (Å²) in [7, 11) is 1.59. The molecule has 0 saturated heterocycles. The quantitative estimate of drug-likeness (QED) is 0.243. The van der Waals surface area contributed by atoms with Gasteiger partial charge < -0.3 is 9.47 Å². The van der Waals surface area contributed by atoms with Crippen molar-refractivity contribution in [3.05, 3.63) is 0 Å². The topological polar surface area (TPSA) is 35.5 Å². The van der Waals surface area contributed by atoms with Crippen molar-refractivity contribution in [2.24, 2.45) is 0 Å². The minimum Gasteiger partial charge on any atom is -0.456 e. The van der Waals surface area contributed by atoms with E-state index in [1.165, 1.54) is 0 Å². The molecular formula is C7H10O3. The van der Waals surface area contributed by atoms with Crippen LogP contribution < -0.4 is 0 Å². The van der Waals surface area contributed by atoms with E-state index in [0.29, 0.717) is 19.6 Å². The summed E-state index contributed by atoms with van der Waals surface area (Å²) in [6.45, 7) is 0.911. The second kappa shape index (κ2) is 6.12. The first-order valence-electron chi connectivity index (χ1n) is 2.93. The molecule has 56 valence electrons. The van der Waals surface area contributed by atoms with Crippen molar-refractivity contribution in [2.75, 3.05) is 20.3 Å². The molecule has 0 spiro atoms. The molecule has 0 saturated carbocycles. The number of carbonyl (C=O) groups is 1. The summed E-state index contributed by atoms with van der Waals surface area (Å²) >= 11 is 0. The second-order valence-corrected chi connectivity index (χ2v) is 1.63. The molecule has 0 radical (unpaired) electrons. The Kier molecular flexibility index (Phi) is 5.50. The summed E-state index contributed by atoms with van der Waals surface area (Å²) in [6.07, 6.45) is 5.42. The van der Waals surface area contributed by atoms with E-state index < -0.39 is 5.97 Å². The van der Waals surface area contributed by atoms with E-state index in [0.717, 1.165) is 0 Å². The Bertz CT molecular complexity index is 134. The van der Waals surface area contributed by atoms with Gasteiger partial charge in [0.15, 0.2) is 0 Å². The zero-order valence-electron chi connectivity index (χ0n) is 5.92. The number of hydrogen-bond donors (Lipinski definition) is 0. The molecule has 0 atom stereocenters. The molecule has 10 heavy (non-hydrogen) atoms. The average Bonchev–Trinajstić information content (AvgIpc) is 1.98. The number of methoxy groups -OCH3 is 1. The Morgan fingerprint density at radius 1 is 1.60 bits per heavy atom. The predicted molar refractivity (Wildman–Crippen MR) is 36.3 cm³/mol. The molecule has 3 heteroatoms. The van der Waals surface area contributed by atoms with Gasteiger partial charge in [-0.15, -0.1) is 6.42 Å². The van der Waals surface area contributed by atoms with Crippen LogP contribution in [0.25, 0.3) is 0 Å². The molecular weight excluding hydrogens is 132 g/mol. The van der Waals surface area contributed by atoms with Gasteiger partial charge >= 0.3 is 5.97 Å². The van der Waals surface area contributed by atoms with Gasteiger partial charge in [-0.05, 0) is 0 Å². The molecule has 0 aliphatic heterocycles. The third-order valence-corrected chi connectivity index (χ3v) is 0.844. The van der Waals surface area contributed by atoms with Gasteiger partial charge in [0.25, 0.3) is 0 Å². The molecule has 0 aromatic rings. The van der Waals surface area contributed by atoms with Crippen LogP contribution in [0.1, 0.15) is 6.42 Å². The van der Waals surface area contributed by atoms with E-state index in [9.17, 15) is 4.79 Å². The molecule has 0 rings (SSSR count). The van der Waals surface area contributed by atoms with Gasteiger partial charge in [0.1, 0.15) is 0 Å². The van der Waals surface area contributed by atoms with Gasteiger partial charge in [0, 0.05) is 26.1 Å². The maximum absolute atomic E-state index is 10.3. The fourth-order valence-electron chi connectivity index (χ4n) is 0.410. The lowest BCUT2D eigenvalue weighted by molar-refractivity contribution is -0.137. The third-order valence-electron chi connectivity index (χ3n) is 0.844. The average molecular weight is 142 g/mol. The second-order valence-electron chi connectivity index (χ2n) is 1.63. The van der Waals surface area contributed by atoms with Crippen molar-refractivity contribution < 1.29 is 14.3 Å². The summed E-state index contributed by atoms with van der Waals surface area (Å²) in [5.41, 5.74) is 0. The van der Waals surface area contributed by atoms with E-state index in [1.807, 2.05) is 5.92 Å². The number of hydrogen-bond acceptors (Lipinski definition) is 3. The van der Waals surface area contributed by atoms with Crippen molar-refractivity contribution in [2.45, 2.75) is 6.42 Å². The molecule has 0 aliphatic carbocycles. The molecule has 0 bridgehead atoms. The molecule has 3 nitrogen and oxygen atoms in total. The van der Waals surface area contributed by atoms with Crippen LogP contribution in [0.15, 0.2) is 0 Å². The highest BCUT2D eigenvalue weighted by Gasteiger charge is 1.93. The fourth-order valence-corrected chi connectivity index (χ4v) is 0.410. The van der Waals surface area contributed by atoms with E-state index in [-0.39, 0.29) is 0 Å². The lowest BCUT2D eigenvalue weighted by Crippen LogP contribution is -2.04. The lowest BCUT2D eigenvalue weighted by Gasteiger charge is -1.98. The van der Waals surface area contributed by atoms with Gasteiger partial charge in [-0.3, -0.25) is 0 Å². The van der Waals surface area contributed by atoms with Crippen LogP contribution in [0.5, 0.6) is 0 Å². The Hall–Kier alpha value is -1.01. The first-order chi connectivity index (χ1) is 4.81. The first-order valence-corrected chi connectivity index (χ1v) is 2.93. The molecule has 0 heterocycles. The summed E-state index contributed by atoms with van der Waals surface area (Å²) in [4.78, 5) is 10.3. The summed E-state index contributed by atoms with van der Waals surface area (Å²) < 4.78 is 9.25. The van der Waals surface area contributed by atoms with Crippen molar-refractivity contribution in [3.8, 4) is 12.3 Å². The van der Waals surface area contributed by atoms with E-state index >= 15 is 0 Å². The Morgan fingerprint density at radius 3 is 2.80 bits per heavy atom. The van der Waals surface area contributed by atoms with Gasteiger partial charge in [-0.1, -0.05) is 0 Å². The zero-order valence-corrected chi connectivity index (χ0v) is 5.92. The molecule has 0 aliphatic rings. The van der Waals surface area contributed by atoms with E-state index in [4.69, 9.17) is 11.2 Å². The number of carbonyl (C=O) groups excluding carboxylic acids is 1. The van der Waals surface area contributed by atoms with E-state index in [1.54, 1.807) is 7.11 Å². The smallest absolute Gasteiger partial charge is 0.384 e. The van der Waals surface area contributed by atoms with Crippen molar-refractivity contribution in [1.29, 1.82) is 0 Å². The Labute approximate surface area is 60.3 Å². The van der Waals surface area contributed by atoms with Crippen molar-refractivity contribution in [1.82, 2.24) is 0 Å². The zero-order chi connectivity index (χ0) is 7.82. The van der Waals surface area contributed by atoms with Crippen molar-refractivity contribution in [3.63, 3.8) is 0 Å². The highest BCUT2D eigenvalue weighted by molar-refractivity contribution is 5.87. The highest BCUT2D eigenvalue weighted by Crippen LogP contribution is 1.83. The number of rotatable bonds is 4. The summed E-state index contributed by atoms with van der Waals surface area (Å²) in [6, 6.07) is 0. The minimum absolute atomic E-state index is 0.330. The Morgan fingerprint density at radius 2 is 2.30 bits per heavy atom.